The van der Waals surface area contributed by atoms with Gasteiger partial charge in [0, 0.05) is 23.3 Å². The Morgan fingerprint density at radius 1 is 0.945 bits per heavy atom. The number of benzene rings is 2. The van der Waals surface area contributed by atoms with Crippen LogP contribution in [0.3, 0.4) is 0 Å². The highest BCUT2D eigenvalue weighted by atomic mass is 19.4. The number of likely N-dealkylation sites (tertiary alicyclic amines) is 1. The number of nitrogens with zero attached hydrogens (tertiary/aromatic N) is 1. The minimum Gasteiger partial charge on any atom is -0.456 e. The Balaban J connectivity index is 1.05. The SMILES string of the molecule is C[C@@H](O[C@H]1OCC[C@@H](CN2CCC3(CC2)COCC3OC(=O)[C@@]23CC[C@@](C)(C(=O)O2)C3(C)C)[C@@H]1c1ccc(F)cc1)c1cc(C(F)(F)F)cc(C(F)(F)F)c1. The number of hydrogen-bond donors (Lipinski definition) is 0. The number of alkyl halides is 6. The van der Waals surface area contributed by atoms with Gasteiger partial charge in [-0.3, -0.25) is 4.79 Å². The van der Waals surface area contributed by atoms with Gasteiger partial charge in [0.25, 0.3) is 0 Å². The highest BCUT2D eigenvalue weighted by Crippen LogP contribution is 2.66. The van der Waals surface area contributed by atoms with Crippen LogP contribution in [0.4, 0.5) is 30.7 Å². The van der Waals surface area contributed by atoms with Crippen LogP contribution in [0.1, 0.15) is 94.1 Å². The maximum absolute atomic E-state index is 14.1. The predicted octanol–water partition coefficient (Wildman–Crippen LogP) is 8.23. The summed E-state index contributed by atoms with van der Waals surface area (Å²) in [5.41, 5.74) is -5.83. The average molecular weight is 786 g/mol. The normalized spacial score (nSPS) is 32.5. The van der Waals surface area contributed by atoms with Crippen molar-refractivity contribution >= 4 is 11.9 Å². The monoisotopic (exact) mass is 785 g/mol. The lowest BCUT2D eigenvalue weighted by Crippen LogP contribution is -2.53. The fourth-order valence-corrected chi connectivity index (χ4v) is 9.48. The van der Waals surface area contributed by atoms with E-state index in [1.165, 1.54) is 19.1 Å². The molecule has 4 saturated heterocycles. The largest absolute Gasteiger partial charge is 0.456 e. The highest BCUT2D eigenvalue weighted by molar-refractivity contribution is 5.93. The molecule has 0 amide bonds. The molecule has 5 fully saturated rings. The van der Waals surface area contributed by atoms with Gasteiger partial charge in [-0.15, -0.1) is 0 Å². The van der Waals surface area contributed by atoms with Gasteiger partial charge < -0.3 is 28.6 Å². The third-order valence-electron chi connectivity index (χ3n) is 13.6. The third-order valence-corrected chi connectivity index (χ3v) is 13.6. The van der Waals surface area contributed by atoms with Crippen LogP contribution in [-0.4, -0.2) is 74.3 Å². The van der Waals surface area contributed by atoms with Crippen molar-refractivity contribution in [2.75, 3.05) is 39.5 Å². The van der Waals surface area contributed by atoms with E-state index < -0.39 is 81.5 Å². The molecular weight excluding hydrogens is 739 g/mol. The summed E-state index contributed by atoms with van der Waals surface area (Å²) in [5.74, 6) is -2.06. The molecule has 2 aromatic rings. The molecule has 5 aliphatic rings. The second kappa shape index (κ2) is 14.0. The number of ether oxygens (including phenoxy) is 5. The van der Waals surface area contributed by atoms with Crippen LogP contribution in [0.25, 0.3) is 0 Å². The van der Waals surface area contributed by atoms with E-state index in [-0.39, 0.29) is 36.7 Å². The van der Waals surface area contributed by atoms with Gasteiger partial charge in [-0.05, 0) is 106 Å². The van der Waals surface area contributed by atoms with Crippen LogP contribution < -0.4 is 0 Å². The fourth-order valence-electron chi connectivity index (χ4n) is 9.48. The minimum atomic E-state index is -5.02. The summed E-state index contributed by atoms with van der Waals surface area (Å²) in [6, 6.07) is 7.13. The van der Waals surface area contributed by atoms with E-state index in [0.29, 0.717) is 76.0 Å². The topological polar surface area (TPSA) is 83.5 Å². The standard InChI is InChI=1S/C40H46F7NO7/c1-23(26-17-27(39(42,43)44)19-28(18-26)40(45,46)47)53-32-31(24-5-7-29(41)8-6-24)25(9-16-52-32)20-48-14-12-37(13-15-48)22-51-21-30(37)54-34(50)38-11-10-36(4,33(49)55-38)35(38,2)3/h5-8,17-19,23,25,30-32H,9-16,20-22H2,1-4H3/t23-,25+,30?,31+,32-,36+,38-/m1/s1. The quantitative estimate of drug-likeness (QED) is 0.196. The Morgan fingerprint density at radius 2 is 1.58 bits per heavy atom. The van der Waals surface area contributed by atoms with Crippen molar-refractivity contribution in [3.05, 3.63) is 70.5 Å². The Hall–Kier alpha value is -3.27. The molecule has 0 N–H and O–H groups in total. The van der Waals surface area contributed by atoms with Gasteiger partial charge in [-0.1, -0.05) is 26.0 Å². The zero-order chi connectivity index (χ0) is 39.8. The van der Waals surface area contributed by atoms with Crippen LogP contribution in [0, 0.1) is 28.0 Å². The molecule has 7 atom stereocenters. The van der Waals surface area contributed by atoms with E-state index in [2.05, 4.69) is 4.90 Å². The summed E-state index contributed by atoms with van der Waals surface area (Å²) in [6.45, 7) is 9.64. The van der Waals surface area contributed by atoms with Crippen LogP contribution in [0.15, 0.2) is 42.5 Å². The molecule has 7 rings (SSSR count). The molecule has 1 unspecified atom stereocenters. The zero-order valence-corrected chi connectivity index (χ0v) is 31.2. The molecule has 4 heterocycles. The first-order chi connectivity index (χ1) is 25.7. The van der Waals surface area contributed by atoms with Gasteiger partial charge in [0.2, 0.25) is 5.60 Å². The number of rotatable bonds is 8. The first-order valence-corrected chi connectivity index (χ1v) is 18.8. The molecule has 302 valence electrons. The van der Waals surface area contributed by atoms with E-state index in [9.17, 15) is 40.3 Å². The molecule has 4 aliphatic heterocycles. The number of piperidine rings is 1. The number of fused-ring (bicyclic) bond motifs is 2. The average Bonchev–Trinajstić information content (AvgIpc) is 3.64. The van der Waals surface area contributed by atoms with Crippen LogP contribution in [-0.2, 0) is 45.6 Å². The van der Waals surface area contributed by atoms with Gasteiger partial charge in [-0.25, -0.2) is 9.18 Å². The van der Waals surface area contributed by atoms with Gasteiger partial charge in [0.05, 0.1) is 42.5 Å². The van der Waals surface area contributed by atoms with E-state index in [1.54, 1.807) is 12.1 Å². The van der Waals surface area contributed by atoms with Crippen molar-refractivity contribution in [3.63, 3.8) is 0 Å². The van der Waals surface area contributed by atoms with Crippen LogP contribution >= 0.6 is 0 Å². The van der Waals surface area contributed by atoms with Gasteiger partial charge in [0.15, 0.2) is 6.29 Å². The van der Waals surface area contributed by atoms with Gasteiger partial charge in [-0.2, -0.15) is 26.3 Å². The maximum atomic E-state index is 14.1. The summed E-state index contributed by atoms with van der Waals surface area (Å²) < 4.78 is 126. The Kier molecular flexibility index (Phi) is 10.2. The van der Waals surface area contributed by atoms with Crippen LogP contribution in [0.2, 0.25) is 0 Å². The summed E-state index contributed by atoms with van der Waals surface area (Å²) >= 11 is 0. The second-order valence-corrected chi connectivity index (χ2v) is 16.7. The van der Waals surface area contributed by atoms with Crippen molar-refractivity contribution in [2.45, 2.75) is 102 Å². The van der Waals surface area contributed by atoms with Crippen LogP contribution in [0.5, 0.6) is 0 Å². The van der Waals surface area contributed by atoms with Crippen molar-refractivity contribution in [2.24, 2.45) is 22.2 Å². The lowest BCUT2D eigenvalue weighted by atomic mass is 9.66. The van der Waals surface area contributed by atoms with Crippen molar-refractivity contribution in [1.82, 2.24) is 4.90 Å². The molecule has 2 bridgehead atoms. The molecule has 2 aromatic carbocycles. The summed E-state index contributed by atoms with van der Waals surface area (Å²) in [5, 5.41) is 0. The molecule has 8 nitrogen and oxygen atoms in total. The van der Waals surface area contributed by atoms with E-state index in [4.69, 9.17) is 23.7 Å². The first kappa shape index (κ1) is 39.9. The van der Waals surface area contributed by atoms with Crippen molar-refractivity contribution < 1.29 is 64.0 Å². The molecule has 55 heavy (non-hydrogen) atoms. The van der Waals surface area contributed by atoms with Crippen molar-refractivity contribution in [1.29, 1.82) is 0 Å². The third kappa shape index (κ3) is 6.94. The molecular formula is C40H46F7NO7. The minimum absolute atomic E-state index is 0.0772. The summed E-state index contributed by atoms with van der Waals surface area (Å²) in [4.78, 5) is 28.9. The summed E-state index contributed by atoms with van der Waals surface area (Å²) in [6.07, 6.45) is -10.0. The Morgan fingerprint density at radius 3 is 2.15 bits per heavy atom. The predicted molar refractivity (Wildman–Crippen MR) is 182 cm³/mol. The fraction of sp³-hybridized carbons (Fsp3) is 0.650. The van der Waals surface area contributed by atoms with Crippen molar-refractivity contribution in [3.8, 4) is 0 Å². The van der Waals surface area contributed by atoms with E-state index in [1.807, 2.05) is 20.8 Å². The second-order valence-electron chi connectivity index (χ2n) is 16.7. The maximum Gasteiger partial charge on any atom is 0.416 e. The molecule has 1 aliphatic carbocycles. The number of halogens is 7. The number of carbonyl (C=O) groups is 2. The molecule has 0 radical (unpaired) electrons. The van der Waals surface area contributed by atoms with Gasteiger partial charge >= 0.3 is 24.3 Å². The van der Waals surface area contributed by atoms with E-state index in [0.717, 1.165) is 0 Å². The molecule has 15 heteroatoms. The Bertz CT molecular complexity index is 1740. The lowest BCUT2D eigenvalue weighted by molar-refractivity contribution is -0.211. The number of carbonyl (C=O) groups excluding carboxylic acids is 2. The first-order valence-electron chi connectivity index (χ1n) is 18.8. The molecule has 1 spiro atoms. The van der Waals surface area contributed by atoms with E-state index >= 15 is 0 Å². The number of esters is 2. The number of hydrogen-bond acceptors (Lipinski definition) is 8. The lowest BCUT2D eigenvalue weighted by Gasteiger charge is -2.45. The molecule has 0 aromatic heterocycles. The summed E-state index contributed by atoms with van der Waals surface area (Å²) in [7, 11) is 0. The highest BCUT2D eigenvalue weighted by Gasteiger charge is 2.77. The van der Waals surface area contributed by atoms with Gasteiger partial charge in [0.1, 0.15) is 11.9 Å². The Labute approximate surface area is 314 Å². The molecule has 1 saturated carbocycles. The smallest absolute Gasteiger partial charge is 0.416 e. The zero-order valence-electron chi connectivity index (χ0n) is 31.2.